The molecule has 0 atom stereocenters. The van der Waals surface area contributed by atoms with Gasteiger partial charge in [0.15, 0.2) is 0 Å². The Kier molecular flexibility index (Phi) is 6.59. The number of aromatic nitrogens is 1. The summed E-state index contributed by atoms with van der Waals surface area (Å²) in [5.74, 6) is 0.340. The van der Waals surface area contributed by atoms with Crippen molar-refractivity contribution in [2.45, 2.75) is 26.9 Å². The first-order valence-electron chi connectivity index (χ1n) is 6.34. The maximum Gasteiger partial charge on any atom is 0.271 e. The van der Waals surface area contributed by atoms with E-state index in [0.29, 0.717) is 24.0 Å². The highest BCUT2D eigenvalue weighted by atomic mass is 35.5. The van der Waals surface area contributed by atoms with E-state index in [0.717, 1.165) is 6.54 Å². The van der Waals surface area contributed by atoms with Gasteiger partial charge in [0.25, 0.3) is 5.91 Å². The predicted octanol–water partition coefficient (Wildman–Crippen LogP) is 2.32. The van der Waals surface area contributed by atoms with E-state index in [1.165, 1.54) is 0 Å². The van der Waals surface area contributed by atoms with Crippen LogP contribution in [0.1, 0.15) is 31.3 Å². The minimum atomic E-state index is -0.294. The average Bonchev–Trinajstić information content (AvgIpc) is 2.36. The molecule has 0 fully saturated rings. The number of hydrogen-bond donors (Lipinski definition) is 2. The van der Waals surface area contributed by atoms with Crippen LogP contribution in [0.25, 0.3) is 0 Å². The Hall–Kier alpha value is -1.33. The van der Waals surface area contributed by atoms with Crippen LogP contribution in [-0.4, -0.2) is 36.7 Å². The minimum absolute atomic E-state index is 0.149. The van der Waals surface area contributed by atoms with Crippen molar-refractivity contribution in [3.05, 3.63) is 22.8 Å². The van der Waals surface area contributed by atoms with Gasteiger partial charge in [0, 0.05) is 13.1 Å². The number of rotatable bonds is 7. The lowest BCUT2D eigenvalue weighted by Gasteiger charge is -2.10. The van der Waals surface area contributed by atoms with Crippen LogP contribution < -0.4 is 10.6 Å². The molecule has 1 aromatic rings. The molecule has 0 spiro atoms. The first-order valence-corrected chi connectivity index (χ1v) is 6.72. The molecule has 0 aliphatic rings. The van der Waals surface area contributed by atoms with Crippen molar-refractivity contribution >= 4 is 23.3 Å². The maximum absolute atomic E-state index is 11.9. The number of nitrogens with zero attached hydrogens (tertiary/aromatic N) is 1. The van der Waals surface area contributed by atoms with Gasteiger partial charge in [0.2, 0.25) is 0 Å². The quantitative estimate of drug-likeness (QED) is 0.755. The summed E-state index contributed by atoms with van der Waals surface area (Å²) in [6, 6.07) is 3.40. The highest BCUT2D eigenvalue weighted by Gasteiger charge is 2.12. The average molecular weight is 286 g/mol. The third-order valence-corrected chi connectivity index (χ3v) is 2.56. The van der Waals surface area contributed by atoms with E-state index in [1.807, 2.05) is 20.8 Å². The lowest BCUT2D eigenvalue weighted by molar-refractivity contribution is 0.0745. The molecule has 19 heavy (non-hydrogen) atoms. The number of ether oxygens (including phenoxy) is 1. The number of nitrogens with one attached hydrogen (secondary N) is 2. The zero-order valence-electron chi connectivity index (χ0n) is 11.5. The summed E-state index contributed by atoms with van der Waals surface area (Å²) in [6.07, 6.45) is 0.149. The van der Waals surface area contributed by atoms with Crippen molar-refractivity contribution < 1.29 is 9.53 Å². The van der Waals surface area contributed by atoms with Gasteiger partial charge in [0.05, 0.1) is 17.7 Å². The van der Waals surface area contributed by atoms with Crippen molar-refractivity contribution in [2.24, 2.45) is 0 Å². The smallest absolute Gasteiger partial charge is 0.271 e. The Balaban J connectivity index is 2.57. The summed E-state index contributed by atoms with van der Waals surface area (Å²) < 4.78 is 5.34. The van der Waals surface area contributed by atoms with E-state index in [9.17, 15) is 4.79 Å². The Bertz CT molecular complexity index is 424. The molecule has 0 saturated heterocycles. The largest absolute Gasteiger partial charge is 0.377 e. The third-order valence-electron chi connectivity index (χ3n) is 2.26. The number of anilines is 1. The molecule has 1 amide bonds. The molecule has 0 saturated carbocycles. The second-order valence-corrected chi connectivity index (χ2v) is 4.64. The molecule has 0 aromatic carbocycles. The van der Waals surface area contributed by atoms with Crippen molar-refractivity contribution in [3.8, 4) is 0 Å². The normalized spacial score (nSPS) is 10.6. The summed E-state index contributed by atoms with van der Waals surface area (Å²) in [6.45, 7) is 7.48. The molecular formula is C13H20ClN3O2. The molecular weight excluding hydrogens is 266 g/mol. The first kappa shape index (κ1) is 15.7. The second-order valence-electron chi connectivity index (χ2n) is 4.23. The van der Waals surface area contributed by atoms with Crippen LogP contribution in [0.15, 0.2) is 12.1 Å². The lowest BCUT2D eigenvalue weighted by atomic mass is 10.3. The summed E-state index contributed by atoms with van der Waals surface area (Å²) in [4.78, 5) is 16.1. The summed E-state index contributed by atoms with van der Waals surface area (Å²) in [5.41, 5.74) is 0.227. The summed E-state index contributed by atoms with van der Waals surface area (Å²) >= 11 is 5.97. The molecule has 5 nitrogen and oxygen atoms in total. The van der Waals surface area contributed by atoms with Gasteiger partial charge in [-0.15, -0.1) is 0 Å². The van der Waals surface area contributed by atoms with E-state index >= 15 is 0 Å². The van der Waals surface area contributed by atoms with Gasteiger partial charge < -0.3 is 15.4 Å². The van der Waals surface area contributed by atoms with Crippen LogP contribution in [0.5, 0.6) is 0 Å². The fourth-order valence-corrected chi connectivity index (χ4v) is 1.61. The molecule has 0 bridgehead atoms. The minimum Gasteiger partial charge on any atom is -0.377 e. The van der Waals surface area contributed by atoms with Crippen molar-refractivity contribution in [1.82, 2.24) is 10.3 Å². The number of carbonyl (C=O) groups excluding carboxylic acids is 1. The summed E-state index contributed by atoms with van der Waals surface area (Å²) in [5, 5.41) is 6.10. The van der Waals surface area contributed by atoms with Gasteiger partial charge in [0.1, 0.15) is 11.5 Å². The molecule has 0 unspecified atom stereocenters. The molecule has 0 radical (unpaired) electrons. The van der Waals surface area contributed by atoms with Crippen molar-refractivity contribution in [2.75, 3.05) is 25.0 Å². The fourth-order valence-electron chi connectivity index (χ4n) is 1.42. The van der Waals surface area contributed by atoms with Crippen LogP contribution in [0.2, 0.25) is 5.02 Å². The predicted molar refractivity (Wildman–Crippen MR) is 76.8 cm³/mol. The number of halogens is 1. The molecule has 0 aliphatic heterocycles. The van der Waals surface area contributed by atoms with E-state index < -0.39 is 0 Å². The molecule has 1 aromatic heterocycles. The van der Waals surface area contributed by atoms with Crippen LogP contribution in [0.3, 0.4) is 0 Å². The highest BCUT2D eigenvalue weighted by molar-refractivity contribution is 6.33. The SMILES string of the molecule is CCNc1ccc(Cl)c(C(=O)NCCOC(C)C)n1. The molecule has 1 heterocycles. The highest BCUT2D eigenvalue weighted by Crippen LogP contribution is 2.16. The Morgan fingerprint density at radius 2 is 2.21 bits per heavy atom. The zero-order valence-corrected chi connectivity index (χ0v) is 12.3. The monoisotopic (exact) mass is 285 g/mol. The molecule has 1 rings (SSSR count). The van der Waals surface area contributed by atoms with E-state index in [-0.39, 0.29) is 17.7 Å². The first-order chi connectivity index (χ1) is 9.04. The van der Waals surface area contributed by atoms with Crippen LogP contribution in [0, 0.1) is 0 Å². The fraction of sp³-hybridized carbons (Fsp3) is 0.538. The summed E-state index contributed by atoms with van der Waals surface area (Å²) in [7, 11) is 0. The van der Waals surface area contributed by atoms with Crippen molar-refractivity contribution in [3.63, 3.8) is 0 Å². The Labute approximate surface area is 118 Å². The van der Waals surface area contributed by atoms with Crippen LogP contribution in [-0.2, 0) is 4.74 Å². The van der Waals surface area contributed by atoms with Gasteiger partial charge in [-0.25, -0.2) is 4.98 Å². The van der Waals surface area contributed by atoms with E-state index in [1.54, 1.807) is 12.1 Å². The van der Waals surface area contributed by atoms with Crippen LogP contribution in [0.4, 0.5) is 5.82 Å². The third kappa shape index (κ3) is 5.44. The van der Waals surface area contributed by atoms with Gasteiger partial charge in [-0.1, -0.05) is 11.6 Å². The topological polar surface area (TPSA) is 63.2 Å². The van der Waals surface area contributed by atoms with Gasteiger partial charge >= 0.3 is 0 Å². The number of pyridine rings is 1. The molecule has 0 aliphatic carbocycles. The number of amides is 1. The Morgan fingerprint density at radius 1 is 1.47 bits per heavy atom. The number of hydrogen-bond acceptors (Lipinski definition) is 4. The molecule has 2 N–H and O–H groups in total. The maximum atomic E-state index is 11.9. The lowest BCUT2D eigenvalue weighted by Crippen LogP contribution is -2.29. The van der Waals surface area contributed by atoms with Crippen molar-refractivity contribution in [1.29, 1.82) is 0 Å². The number of carbonyl (C=O) groups is 1. The van der Waals surface area contributed by atoms with Gasteiger partial charge in [-0.2, -0.15) is 0 Å². The van der Waals surface area contributed by atoms with Gasteiger partial charge in [-0.3, -0.25) is 4.79 Å². The van der Waals surface area contributed by atoms with Gasteiger partial charge in [-0.05, 0) is 32.9 Å². The standard InChI is InChI=1S/C13H20ClN3O2/c1-4-15-11-6-5-10(14)12(17-11)13(18)16-7-8-19-9(2)3/h5-6,9H,4,7-8H2,1-3H3,(H,15,17)(H,16,18). The second kappa shape index (κ2) is 7.96. The zero-order chi connectivity index (χ0) is 14.3. The molecule has 6 heteroatoms. The molecule has 106 valence electrons. The van der Waals surface area contributed by atoms with Crippen LogP contribution >= 0.6 is 11.6 Å². The Morgan fingerprint density at radius 3 is 2.84 bits per heavy atom. The van der Waals surface area contributed by atoms with E-state index in [2.05, 4.69) is 15.6 Å². The van der Waals surface area contributed by atoms with E-state index in [4.69, 9.17) is 16.3 Å².